The van der Waals surface area contributed by atoms with Crippen LogP contribution in [0.5, 0.6) is 0 Å². The molecule has 3 nitrogen and oxygen atoms in total. The zero-order valence-electron chi connectivity index (χ0n) is 12.6. The molecule has 20 heavy (non-hydrogen) atoms. The Kier molecular flexibility index (Phi) is 5.36. The van der Waals surface area contributed by atoms with Gasteiger partial charge in [0.1, 0.15) is 0 Å². The van der Waals surface area contributed by atoms with Gasteiger partial charge in [-0.05, 0) is 55.8 Å². The van der Waals surface area contributed by atoms with Crippen molar-refractivity contribution in [2.24, 2.45) is 29.4 Å². The highest BCUT2D eigenvalue weighted by Gasteiger charge is 2.41. The molecule has 1 heterocycles. The minimum absolute atomic E-state index is 0. The molecule has 1 aliphatic heterocycles. The monoisotopic (exact) mass is 300 g/mol. The number of nitrogens with zero attached hydrogens (tertiary/aromatic N) is 1. The molecule has 3 aliphatic rings. The molecular formula is C16H29ClN2O. The largest absolute Gasteiger partial charge is 0.338 e. The van der Waals surface area contributed by atoms with Crippen LogP contribution < -0.4 is 5.73 Å². The standard InChI is InChI=1S/C16H28N2O.ClH/c1-11-4-5-18(15(6-11)10-17)16(19)9-14-8-12-2-3-13(14)7-12;/h11-15H,2-10,17H2,1H3;1H. The number of fused-ring (bicyclic) bond motifs is 2. The Morgan fingerprint density at radius 2 is 2.00 bits per heavy atom. The molecule has 0 aromatic heterocycles. The zero-order valence-corrected chi connectivity index (χ0v) is 13.4. The van der Waals surface area contributed by atoms with Crippen LogP contribution in [-0.4, -0.2) is 29.9 Å². The summed E-state index contributed by atoms with van der Waals surface area (Å²) in [5.74, 6) is 3.59. The van der Waals surface area contributed by atoms with Crippen molar-refractivity contribution in [1.82, 2.24) is 4.90 Å². The van der Waals surface area contributed by atoms with Crippen LogP contribution in [0.1, 0.15) is 51.9 Å². The predicted molar refractivity (Wildman–Crippen MR) is 83.8 cm³/mol. The van der Waals surface area contributed by atoms with E-state index in [1.807, 2.05) is 0 Å². The van der Waals surface area contributed by atoms with E-state index in [-0.39, 0.29) is 12.4 Å². The second-order valence-electron chi connectivity index (χ2n) is 7.25. The first-order valence-electron chi connectivity index (χ1n) is 8.17. The summed E-state index contributed by atoms with van der Waals surface area (Å²) in [5.41, 5.74) is 5.87. The van der Waals surface area contributed by atoms with Crippen LogP contribution >= 0.6 is 12.4 Å². The molecule has 1 amide bonds. The average molecular weight is 301 g/mol. The Balaban J connectivity index is 0.00000147. The molecule has 0 spiro atoms. The summed E-state index contributed by atoms with van der Waals surface area (Å²) in [7, 11) is 0. The van der Waals surface area contributed by atoms with E-state index in [9.17, 15) is 4.79 Å². The summed E-state index contributed by atoms with van der Waals surface area (Å²) in [5, 5.41) is 0. The second kappa shape index (κ2) is 6.65. The average Bonchev–Trinajstić information content (AvgIpc) is 3.00. The van der Waals surface area contributed by atoms with E-state index < -0.39 is 0 Å². The van der Waals surface area contributed by atoms with Gasteiger partial charge in [0.05, 0.1) is 0 Å². The first-order chi connectivity index (χ1) is 9.17. The first-order valence-corrected chi connectivity index (χ1v) is 8.17. The lowest BCUT2D eigenvalue weighted by Gasteiger charge is -2.39. The molecule has 0 aromatic rings. The third-order valence-electron chi connectivity index (χ3n) is 5.89. The van der Waals surface area contributed by atoms with Crippen molar-refractivity contribution in [3.8, 4) is 0 Å². The van der Waals surface area contributed by atoms with E-state index >= 15 is 0 Å². The van der Waals surface area contributed by atoms with Crippen molar-refractivity contribution in [3.05, 3.63) is 0 Å². The molecule has 5 unspecified atom stereocenters. The highest BCUT2D eigenvalue weighted by molar-refractivity contribution is 5.85. The number of halogens is 1. The summed E-state index contributed by atoms with van der Waals surface area (Å²) in [4.78, 5) is 14.7. The summed E-state index contributed by atoms with van der Waals surface area (Å²) < 4.78 is 0. The van der Waals surface area contributed by atoms with Crippen molar-refractivity contribution in [2.75, 3.05) is 13.1 Å². The fraction of sp³-hybridized carbons (Fsp3) is 0.938. The minimum Gasteiger partial charge on any atom is -0.338 e. The van der Waals surface area contributed by atoms with Crippen LogP contribution in [0.25, 0.3) is 0 Å². The highest BCUT2D eigenvalue weighted by Crippen LogP contribution is 2.49. The summed E-state index contributed by atoms with van der Waals surface area (Å²) in [6.07, 6.45) is 8.55. The summed E-state index contributed by atoms with van der Waals surface area (Å²) in [6.45, 7) is 3.84. The minimum atomic E-state index is 0. The smallest absolute Gasteiger partial charge is 0.223 e. The molecule has 0 aromatic carbocycles. The van der Waals surface area contributed by atoms with Crippen molar-refractivity contribution in [3.63, 3.8) is 0 Å². The summed E-state index contributed by atoms with van der Waals surface area (Å²) >= 11 is 0. The van der Waals surface area contributed by atoms with E-state index in [2.05, 4.69) is 11.8 Å². The first kappa shape index (κ1) is 16.1. The Bertz CT molecular complexity index is 349. The van der Waals surface area contributed by atoms with E-state index in [1.165, 1.54) is 25.7 Å². The quantitative estimate of drug-likeness (QED) is 0.871. The van der Waals surface area contributed by atoms with Gasteiger partial charge in [0.2, 0.25) is 5.91 Å². The molecule has 3 rings (SSSR count). The summed E-state index contributed by atoms with van der Waals surface area (Å²) in [6, 6.07) is 0.301. The number of nitrogens with two attached hydrogens (primary N) is 1. The van der Waals surface area contributed by atoms with Gasteiger partial charge < -0.3 is 10.6 Å². The molecular weight excluding hydrogens is 272 g/mol. The van der Waals surface area contributed by atoms with Gasteiger partial charge in [-0.25, -0.2) is 0 Å². The number of hydrogen-bond donors (Lipinski definition) is 1. The van der Waals surface area contributed by atoms with Gasteiger partial charge in [-0.3, -0.25) is 4.79 Å². The number of amides is 1. The molecule has 2 N–H and O–H groups in total. The van der Waals surface area contributed by atoms with E-state index in [4.69, 9.17) is 5.73 Å². The van der Waals surface area contributed by atoms with E-state index in [0.29, 0.717) is 24.4 Å². The Morgan fingerprint density at radius 1 is 1.20 bits per heavy atom. The number of piperidine rings is 1. The van der Waals surface area contributed by atoms with Crippen LogP contribution in [0.15, 0.2) is 0 Å². The highest BCUT2D eigenvalue weighted by atomic mass is 35.5. The lowest BCUT2D eigenvalue weighted by Crippen LogP contribution is -2.49. The molecule has 2 bridgehead atoms. The molecule has 4 heteroatoms. The van der Waals surface area contributed by atoms with Gasteiger partial charge >= 0.3 is 0 Å². The normalized spacial score (nSPS) is 39.7. The van der Waals surface area contributed by atoms with Gasteiger partial charge in [-0.2, -0.15) is 0 Å². The maximum absolute atomic E-state index is 12.6. The zero-order chi connectivity index (χ0) is 13.4. The molecule has 2 saturated carbocycles. The number of carbonyl (C=O) groups is 1. The van der Waals surface area contributed by atoms with Crippen molar-refractivity contribution >= 4 is 18.3 Å². The number of likely N-dealkylation sites (tertiary alicyclic amines) is 1. The number of hydrogen-bond acceptors (Lipinski definition) is 2. The third kappa shape index (κ3) is 3.14. The molecule has 1 saturated heterocycles. The maximum atomic E-state index is 12.6. The van der Waals surface area contributed by atoms with E-state index in [1.54, 1.807) is 0 Å². The van der Waals surface area contributed by atoms with Gasteiger partial charge in [0.15, 0.2) is 0 Å². The van der Waals surface area contributed by atoms with Crippen LogP contribution in [0.4, 0.5) is 0 Å². The number of rotatable bonds is 3. The fourth-order valence-electron chi connectivity index (χ4n) is 4.77. The Labute approximate surface area is 129 Å². The van der Waals surface area contributed by atoms with Crippen molar-refractivity contribution in [2.45, 2.75) is 57.9 Å². The molecule has 0 radical (unpaired) electrons. The van der Waals surface area contributed by atoms with Crippen LogP contribution in [0.3, 0.4) is 0 Å². The molecule has 2 aliphatic carbocycles. The lowest BCUT2D eigenvalue weighted by atomic mass is 9.85. The molecule has 3 fully saturated rings. The number of carbonyl (C=O) groups excluding carboxylic acids is 1. The lowest BCUT2D eigenvalue weighted by molar-refractivity contribution is -0.136. The van der Waals surface area contributed by atoms with Crippen molar-refractivity contribution < 1.29 is 4.79 Å². The van der Waals surface area contributed by atoms with Crippen molar-refractivity contribution in [1.29, 1.82) is 0 Å². The molecule has 116 valence electrons. The second-order valence-corrected chi connectivity index (χ2v) is 7.25. The molecule has 5 atom stereocenters. The van der Waals surface area contributed by atoms with Gasteiger partial charge in [0, 0.05) is 25.6 Å². The van der Waals surface area contributed by atoms with E-state index in [0.717, 1.165) is 43.6 Å². The van der Waals surface area contributed by atoms with Crippen LogP contribution in [0.2, 0.25) is 0 Å². The van der Waals surface area contributed by atoms with Gasteiger partial charge in [-0.15, -0.1) is 12.4 Å². The third-order valence-corrected chi connectivity index (χ3v) is 5.89. The van der Waals surface area contributed by atoms with Crippen LogP contribution in [-0.2, 0) is 4.79 Å². The van der Waals surface area contributed by atoms with Gasteiger partial charge in [0.25, 0.3) is 0 Å². The maximum Gasteiger partial charge on any atom is 0.223 e. The fourth-order valence-corrected chi connectivity index (χ4v) is 4.77. The SMILES string of the molecule is CC1CCN(C(=O)CC2CC3CCC2C3)C(CN)C1.Cl. The van der Waals surface area contributed by atoms with Gasteiger partial charge in [-0.1, -0.05) is 13.3 Å². The predicted octanol–water partition coefficient (Wildman–Crippen LogP) is 2.82. The topological polar surface area (TPSA) is 46.3 Å². The Hall–Kier alpha value is -0.280. The Morgan fingerprint density at radius 3 is 2.60 bits per heavy atom. The van der Waals surface area contributed by atoms with Crippen LogP contribution in [0, 0.1) is 23.7 Å².